The topological polar surface area (TPSA) is 153 Å². The first-order valence-corrected chi connectivity index (χ1v) is 14.7. The van der Waals surface area contributed by atoms with Gasteiger partial charge in [0.05, 0.1) is 45.4 Å². The molecular formula is C32H42N4O7. The maximum absolute atomic E-state index is 14.3. The third-order valence-corrected chi connectivity index (χ3v) is 8.50. The zero-order valence-corrected chi connectivity index (χ0v) is 25.0. The summed E-state index contributed by atoms with van der Waals surface area (Å²) in [6.45, 7) is 4.00. The highest BCUT2D eigenvalue weighted by molar-refractivity contribution is 6.00. The number of terminal acetylenes is 1. The number of nitrogens with one attached hydrogen (secondary N) is 2. The standard InChI is InChI=1S/C32H42N4O7/c1-4-13-32(30(33)40,35-27(37)20-36-14-16-42-17-15-36)25(18-23-9-11-24(41-3)12-10-23)29(39)34-26(19-22-7-5-6-8-22)28(38)31(2)21-43-31/h1,7,9-12,25-26H,5-6,8,13-21H2,2-3H3,(H2,33,40)(H,34,39)(H,35,37)/t25-,26+,31-,32?/m1/s1. The van der Waals surface area contributed by atoms with Crippen molar-refractivity contribution in [3.05, 3.63) is 41.5 Å². The second-order valence-corrected chi connectivity index (χ2v) is 11.7. The maximum Gasteiger partial charge on any atom is 0.245 e. The Morgan fingerprint density at radius 3 is 2.44 bits per heavy atom. The Bertz CT molecular complexity index is 1260. The number of ketones is 1. The van der Waals surface area contributed by atoms with Crippen LogP contribution >= 0.6 is 0 Å². The van der Waals surface area contributed by atoms with E-state index in [4.69, 9.17) is 26.4 Å². The van der Waals surface area contributed by atoms with Crippen molar-refractivity contribution in [2.45, 2.75) is 62.6 Å². The van der Waals surface area contributed by atoms with Crippen LogP contribution in [0.15, 0.2) is 35.9 Å². The molecule has 2 heterocycles. The number of morpholine rings is 1. The lowest BCUT2D eigenvalue weighted by Crippen LogP contribution is -2.67. The van der Waals surface area contributed by atoms with E-state index in [2.05, 4.69) is 22.6 Å². The summed E-state index contributed by atoms with van der Waals surface area (Å²) in [6.07, 6.45) is 10.6. The molecule has 0 bridgehead atoms. The molecular weight excluding hydrogens is 552 g/mol. The van der Waals surface area contributed by atoms with Gasteiger partial charge in [0.15, 0.2) is 5.78 Å². The number of benzene rings is 1. The molecule has 0 spiro atoms. The van der Waals surface area contributed by atoms with E-state index in [1.165, 1.54) is 0 Å². The fourth-order valence-corrected chi connectivity index (χ4v) is 5.76. The maximum atomic E-state index is 14.3. The first-order valence-electron chi connectivity index (χ1n) is 14.7. The lowest BCUT2D eigenvalue weighted by Gasteiger charge is -2.38. The van der Waals surface area contributed by atoms with Gasteiger partial charge in [-0.25, -0.2) is 0 Å². The summed E-state index contributed by atoms with van der Waals surface area (Å²) in [6, 6.07) is 6.11. The number of nitrogens with zero attached hydrogens (tertiary/aromatic N) is 1. The van der Waals surface area contributed by atoms with Crippen molar-refractivity contribution in [3.8, 4) is 18.1 Å². The Morgan fingerprint density at radius 2 is 1.88 bits per heavy atom. The molecule has 1 aromatic rings. The Labute approximate surface area is 252 Å². The van der Waals surface area contributed by atoms with E-state index in [1.54, 1.807) is 38.3 Å². The van der Waals surface area contributed by atoms with E-state index in [0.717, 1.165) is 24.8 Å². The molecule has 0 saturated carbocycles. The average molecular weight is 595 g/mol. The van der Waals surface area contributed by atoms with Gasteiger partial charge in [0, 0.05) is 19.5 Å². The molecule has 4 atom stereocenters. The third-order valence-electron chi connectivity index (χ3n) is 8.50. The fraction of sp³-hybridized carbons (Fsp3) is 0.562. The third kappa shape index (κ3) is 8.02. The SMILES string of the molecule is C#CCC(NC(=O)CN1CCOCC1)(C(N)=O)[C@H](Cc1ccc(OC)cc1)C(=O)N[C@@H](CC1=CCCC1)C(=O)[C@@]1(C)CO1. The number of amides is 3. The van der Waals surface area contributed by atoms with Gasteiger partial charge < -0.3 is 30.6 Å². The molecule has 2 fully saturated rings. The molecule has 3 amide bonds. The second-order valence-electron chi connectivity index (χ2n) is 11.7. The molecule has 3 aliphatic rings. The molecule has 43 heavy (non-hydrogen) atoms. The number of epoxide rings is 1. The lowest BCUT2D eigenvalue weighted by molar-refractivity contribution is -0.141. The monoisotopic (exact) mass is 594 g/mol. The quantitative estimate of drug-likeness (QED) is 0.154. The molecule has 1 aromatic carbocycles. The zero-order valence-electron chi connectivity index (χ0n) is 25.0. The highest BCUT2D eigenvalue weighted by atomic mass is 16.6. The van der Waals surface area contributed by atoms with Gasteiger partial charge in [0.1, 0.15) is 16.9 Å². The van der Waals surface area contributed by atoms with Gasteiger partial charge in [-0.1, -0.05) is 23.8 Å². The van der Waals surface area contributed by atoms with Gasteiger partial charge in [0.25, 0.3) is 0 Å². The van der Waals surface area contributed by atoms with Crippen LogP contribution in [-0.2, 0) is 35.1 Å². The first kappa shape index (κ1) is 32.2. The van der Waals surface area contributed by atoms with Crippen molar-refractivity contribution in [1.82, 2.24) is 15.5 Å². The molecule has 1 aliphatic carbocycles. The van der Waals surface area contributed by atoms with E-state index in [1.807, 2.05) is 4.90 Å². The second kappa shape index (κ2) is 14.2. The highest BCUT2D eigenvalue weighted by Crippen LogP contribution is 2.33. The van der Waals surface area contributed by atoms with Crippen LogP contribution in [0.25, 0.3) is 0 Å². The molecule has 0 aromatic heterocycles. The summed E-state index contributed by atoms with van der Waals surface area (Å²) in [5, 5.41) is 5.69. The molecule has 2 aliphatic heterocycles. The molecule has 1 unspecified atom stereocenters. The summed E-state index contributed by atoms with van der Waals surface area (Å²) in [7, 11) is 1.54. The van der Waals surface area contributed by atoms with Gasteiger partial charge >= 0.3 is 0 Å². The van der Waals surface area contributed by atoms with Crippen molar-refractivity contribution in [3.63, 3.8) is 0 Å². The van der Waals surface area contributed by atoms with E-state index in [9.17, 15) is 19.2 Å². The first-order chi connectivity index (χ1) is 20.6. The number of ether oxygens (including phenoxy) is 3. The minimum Gasteiger partial charge on any atom is -0.497 e. The molecule has 11 nitrogen and oxygen atoms in total. The van der Waals surface area contributed by atoms with Gasteiger partial charge in [-0.05, 0) is 56.7 Å². The molecule has 11 heteroatoms. The average Bonchev–Trinajstić information content (AvgIpc) is 3.53. The number of nitrogens with two attached hydrogens (primary N) is 1. The number of carbonyl (C=O) groups is 4. The smallest absolute Gasteiger partial charge is 0.245 e. The number of hydrogen-bond acceptors (Lipinski definition) is 8. The highest BCUT2D eigenvalue weighted by Gasteiger charge is 2.53. The minimum absolute atomic E-state index is 0.00958. The van der Waals surface area contributed by atoms with E-state index < -0.39 is 40.8 Å². The van der Waals surface area contributed by atoms with Crippen LogP contribution in [0.2, 0.25) is 0 Å². The van der Waals surface area contributed by atoms with Gasteiger partial charge in [-0.15, -0.1) is 12.3 Å². The van der Waals surface area contributed by atoms with Crippen molar-refractivity contribution in [2.75, 3.05) is 46.6 Å². The van der Waals surface area contributed by atoms with E-state index in [0.29, 0.717) is 44.0 Å². The zero-order chi connectivity index (χ0) is 31.0. The van der Waals surface area contributed by atoms with Crippen molar-refractivity contribution in [2.24, 2.45) is 11.7 Å². The Hall–Kier alpha value is -3.72. The van der Waals surface area contributed by atoms with E-state index >= 15 is 0 Å². The normalized spacial score (nSPS) is 22.7. The van der Waals surface area contributed by atoms with E-state index in [-0.39, 0.29) is 31.8 Å². The fourth-order valence-electron chi connectivity index (χ4n) is 5.76. The number of hydrogen-bond donors (Lipinski definition) is 3. The Balaban J connectivity index is 1.68. The van der Waals surface area contributed by atoms with Crippen LogP contribution in [0, 0.1) is 18.3 Å². The van der Waals surface area contributed by atoms with Crippen LogP contribution in [-0.4, -0.2) is 92.2 Å². The minimum atomic E-state index is -1.93. The number of carbonyl (C=O) groups excluding carboxylic acids is 4. The van der Waals surface area contributed by atoms with Crippen LogP contribution < -0.4 is 21.1 Å². The Kier molecular flexibility index (Phi) is 10.6. The largest absolute Gasteiger partial charge is 0.497 e. The molecule has 0 radical (unpaired) electrons. The number of allylic oxidation sites excluding steroid dienone is 1. The van der Waals surface area contributed by atoms with Crippen molar-refractivity contribution >= 4 is 23.5 Å². The van der Waals surface area contributed by atoms with Crippen LogP contribution in [0.5, 0.6) is 5.75 Å². The van der Waals surface area contributed by atoms with Gasteiger partial charge in [0.2, 0.25) is 17.7 Å². The van der Waals surface area contributed by atoms with Crippen LogP contribution in [0.3, 0.4) is 0 Å². The van der Waals surface area contributed by atoms with Crippen LogP contribution in [0.1, 0.15) is 44.6 Å². The summed E-state index contributed by atoms with van der Waals surface area (Å²) >= 11 is 0. The van der Waals surface area contributed by atoms with Crippen molar-refractivity contribution < 1.29 is 33.4 Å². The number of primary amides is 1. The predicted octanol–water partition coefficient (Wildman–Crippen LogP) is 0.893. The molecule has 232 valence electrons. The van der Waals surface area contributed by atoms with Crippen molar-refractivity contribution in [1.29, 1.82) is 0 Å². The molecule has 4 rings (SSSR count). The summed E-state index contributed by atoms with van der Waals surface area (Å²) in [5.41, 5.74) is 4.86. The number of Topliss-reactive ketones (excluding diaryl/α,β-unsaturated/α-hetero) is 1. The predicted molar refractivity (Wildman–Crippen MR) is 159 cm³/mol. The summed E-state index contributed by atoms with van der Waals surface area (Å²) < 4.78 is 16.1. The Morgan fingerprint density at radius 1 is 1.19 bits per heavy atom. The number of rotatable bonds is 15. The molecule has 2 saturated heterocycles. The summed E-state index contributed by atoms with van der Waals surface area (Å²) in [5.74, 6) is -0.443. The van der Waals surface area contributed by atoms with Gasteiger partial charge in [-0.2, -0.15) is 0 Å². The van der Waals surface area contributed by atoms with Gasteiger partial charge in [-0.3, -0.25) is 24.1 Å². The summed E-state index contributed by atoms with van der Waals surface area (Å²) in [4.78, 5) is 56.4. The lowest BCUT2D eigenvalue weighted by atomic mass is 9.75. The van der Waals surface area contributed by atoms with Crippen LogP contribution in [0.4, 0.5) is 0 Å². The molecule has 4 N–H and O–H groups in total. The number of methoxy groups -OCH3 is 1.